The van der Waals surface area contributed by atoms with Crippen molar-refractivity contribution in [3.63, 3.8) is 0 Å². The maximum absolute atomic E-state index is 12.0. The number of carbonyl (C=O) groups is 1. The largest absolute Gasteiger partial charge is 0.389 e. The van der Waals surface area contributed by atoms with Gasteiger partial charge < -0.3 is 14.2 Å². The molecule has 0 radical (unpaired) electrons. The van der Waals surface area contributed by atoms with Crippen LogP contribution < -0.4 is 5.62 Å². The molecule has 3 aromatic carbocycles. The van der Waals surface area contributed by atoms with Crippen molar-refractivity contribution in [3.05, 3.63) is 101 Å². The molecule has 2 unspecified atom stereocenters. The van der Waals surface area contributed by atoms with Crippen molar-refractivity contribution in [2.24, 2.45) is 0 Å². The number of fused-ring (bicyclic) bond motifs is 1. The van der Waals surface area contributed by atoms with E-state index >= 15 is 0 Å². The number of rotatable bonds is 9. The first-order chi connectivity index (χ1) is 16.4. The third kappa shape index (κ3) is 4.90. The predicted molar refractivity (Wildman–Crippen MR) is 136 cm³/mol. The summed E-state index contributed by atoms with van der Waals surface area (Å²) in [5.74, 6) is -0.169. The van der Waals surface area contributed by atoms with Crippen molar-refractivity contribution in [1.82, 2.24) is 9.13 Å². The van der Waals surface area contributed by atoms with Crippen molar-refractivity contribution in [2.45, 2.75) is 52.1 Å². The molecule has 4 aromatic rings. The second kappa shape index (κ2) is 10.2. The zero-order valence-electron chi connectivity index (χ0n) is 20.2. The van der Waals surface area contributed by atoms with E-state index in [1.165, 1.54) is 16.7 Å². The number of hydrogen-bond acceptors (Lipinski definition) is 3. The van der Waals surface area contributed by atoms with Gasteiger partial charge in [0.2, 0.25) is 5.62 Å². The van der Waals surface area contributed by atoms with Gasteiger partial charge in [-0.1, -0.05) is 71.8 Å². The molecule has 2 N–H and O–H groups in total. The van der Waals surface area contributed by atoms with Crippen molar-refractivity contribution in [1.29, 1.82) is 5.41 Å². The highest BCUT2D eigenvalue weighted by molar-refractivity contribution is 5.79. The molecule has 2 atom stereocenters. The van der Waals surface area contributed by atoms with Gasteiger partial charge in [0, 0.05) is 12.5 Å². The van der Waals surface area contributed by atoms with Crippen molar-refractivity contribution in [3.8, 4) is 0 Å². The van der Waals surface area contributed by atoms with Crippen LogP contribution in [0.25, 0.3) is 11.0 Å². The van der Waals surface area contributed by atoms with E-state index in [0.29, 0.717) is 18.5 Å². The van der Waals surface area contributed by atoms with E-state index in [-0.39, 0.29) is 24.3 Å². The van der Waals surface area contributed by atoms with Gasteiger partial charge in [-0.15, -0.1) is 0 Å². The number of hydrogen-bond donors (Lipinski definition) is 2. The number of nitrogens with one attached hydrogen (secondary N) is 1. The molecule has 176 valence electrons. The average Bonchev–Trinajstić information content (AvgIpc) is 3.14. The number of Topliss-reactive ketones (excluding diaryl/α,β-unsaturated/α-hetero) is 1. The second-order valence-corrected chi connectivity index (χ2v) is 9.22. The van der Waals surface area contributed by atoms with Gasteiger partial charge in [0.05, 0.1) is 17.1 Å². The fourth-order valence-electron chi connectivity index (χ4n) is 4.70. The van der Waals surface area contributed by atoms with E-state index in [0.717, 1.165) is 16.6 Å². The Balaban J connectivity index is 1.82. The van der Waals surface area contributed by atoms with E-state index in [2.05, 4.69) is 90.6 Å². The third-order valence-corrected chi connectivity index (χ3v) is 6.69. The van der Waals surface area contributed by atoms with Gasteiger partial charge in [-0.25, -0.2) is 0 Å². The van der Waals surface area contributed by atoms with E-state index in [4.69, 9.17) is 0 Å². The number of aliphatic hydroxyl groups is 1. The molecule has 0 fully saturated rings. The molecule has 0 saturated carbocycles. The van der Waals surface area contributed by atoms with Crippen molar-refractivity contribution < 1.29 is 9.90 Å². The molecule has 1 heterocycles. The summed E-state index contributed by atoms with van der Waals surface area (Å²) in [5.41, 5.74) is 7.14. The zero-order valence-corrected chi connectivity index (χ0v) is 20.2. The van der Waals surface area contributed by atoms with Gasteiger partial charge in [0.1, 0.15) is 6.61 Å². The Morgan fingerprint density at radius 3 is 2.03 bits per heavy atom. The smallest absolute Gasteiger partial charge is 0.203 e. The van der Waals surface area contributed by atoms with Crippen LogP contribution >= 0.6 is 0 Å². The molecule has 0 aliphatic carbocycles. The van der Waals surface area contributed by atoms with Gasteiger partial charge in [0.15, 0.2) is 5.78 Å². The van der Waals surface area contributed by atoms with Gasteiger partial charge in [0.25, 0.3) is 0 Å². The standard InChI is InChI=1S/C29H33N3O2/c1-20-8-12-23(13-9-20)18-25(16-17-26(34)19-33)32-28-7-5-4-6-27(28)31(29(32)30)22(3)24-14-10-21(2)11-15-24/h4-15,22,25,30,33H,16-19H2,1-3H3. The molecule has 0 aliphatic heterocycles. The lowest BCUT2D eigenvalue weighted by atomic mass is 9.99. The minimum Gasteiger partial charge on any atom is -0.389 e. The van der Waals surface area contributed by atoms with Crippen LogP contribution in [0.15, 0.2) is 72.8 Å². The summed E-state index contributed by atoms with van der Waals surface area (Å²) in [5, 5.41) is 18.5. The van der Waals surface area contributed by atoms with Crippen LogP contribution in [0.4, 0.5) is 0 Å². The molecule has 5 nitrogen and oxygen atoms in total. The molecule has 4 rings (SSSR count). The second-order valence-electron chi connectivity index (χ2n) is 9.22. The molecule has 5 heteroatoms. The highest BCUT2D eigenvalue weighted by Gasteiger charge is 2.22. The van der Waals surface area contributed by atoms with Gasteiger partial charge >= 0.3 is 0 Å². The van der Waals surface area contributed by atoms with Gasteiger partial charge in [-0.05, 0) is 56.9 Å². The highest BCUT2D eigenvalue weighted by Crippen LogP contribution is 2.28. The summed E-state index contributed by atoms with van der Waals surface area (Å²) in [6.07, 6.45) is 1.56. The molecule has 1 aromatic heterocycles. The van der Waals surface area contributed by atoms with Crippen molar-refractivity contribution in [2.75, 3.05) is 6.61 Å². The molecule has 34 heavy (non-hydrogen) atoms. The zero-order chi connectivity index (χ0) is 24.2. The molecule has 0 saturated heterocycles. The Morgan fingerprint density at radius 1 is 0.882 bits per heavy atom. The Morgan fingerprint density at radius 2 is 1.44 bits per heavy atom. The van der Waals surface area contributed by atoms with E-state index in [1.54, 1.807) is 0 Å². The van der Waals surface area contributed by atoms with E-state index in [1.807, 2.05) is 12.1 Å². The summed E-state index contributed by atoms with van der Waals surface area (Å²) in [6.45, 7) is 5.83. The Kier molecular flexibility index (Phi) is 7.13. The van der Waals surface area contributed by atoms with Crippen LogP contribution in [0.5, 0.6) is 0 Å². The highest BCUT2D eigenvalue weighted by atomic mass is 16.3. The maximum Gasteiger partial charge on any atom is 0.203 e. The number of carbonyl (C=O) groups excluding carboxylic acids is 1. The molecular weight excluding hydrogens is 422 g/mol. The van der Waals surface area contributed by atoms with Crippen LogP contribution in [0, 0.1) is 19.3 Å². The summed E-state index contributed by atoms with van der Waals surface area (Å²) in [6, 6.07) is 24.9. The third-order valence-electron chi connectivity index (χ3n) is 6.69. The Labute approximate surface area is 200 Å². The van der Waals surface area contributed by atoms with Crippen LogP contribution in [-0.4, -0.2) is 26.6 Å². The fraction of sp³-hybridized carbons (Fsp3) is 0.310. The molecule has 0 bridgehead atoms. The van der Waals surface area contributed by atoms with Crippen LogP contribution in [0.1, 0.15) is 54.1 Å². The van der Waals surface area contributed by atoms with Crippen LogP contribution in [-0.2, 0) is 11.2 Å². The lowest BCUT2D eigenvalue weighted by Crippen LogP contribution is -2.31. The normalized spacial score (nSPS) is 13.2. The lowest BCUT2D eigenvalue weighted by molar-refractivity contribution is -0.122. The first-order valence-electron chi connectivity index (χ1n) is 11.9. The summed E-state index contributed by atoms with van der Waals surface area (Å²) >= 11 is 0. The first kappa shape index (κ1) is 23.7. The summed E-state index contributed by atoms with van der Waals surface area (Å²) < 4.78 is 4.15. The number of ketones is 1. The van der Waals surface area contributed by atoms with Crippen molar-refractivity contribution >= 4 is 16.8 Å². The SMILES string of the molecule is Cc1ccc(CC(CCC(=O)CO)n2c(=N)n(C(C)c3ccc(C)cc3)c3ccccc32)cc1. The first-order valence-corrected chi connectivity index (χ1v) is 11.9. The monoisotopic (exact) mass is 455 g/mol. The number of aromatic nitrogens is 2. The molecule has 0 aliphatic rings. The Bertz CT molecular complexity index is 1330. The number of aryl methyl sites for hydroxylation is 2. The number of para-hydroxylation sites is 2. The van der Waals surface area contributed by atoms with E-state index < -0.39 is 6.61 Å². The summed E-state index contributed by atoms with van der Waals surface area (Å²) in [4.78, 5) is 12.0. The maximum atomic E-state index is 12.0. The Hall–Kier alpha value is -3.44. The number of aliphatic hydroxyl groups excluding tert-OH is 1. The average molecular weight is 456 g/mol. The van der Waals surface area contributed by atoms with Crippen LogP contribution in [0.3, 0.4) is 0 Å². The quantitative estimate of drug-likeness (QED) is 0.361. The fourth-order valence-corrected chi connectivity index (χ4v) is 4.70. The number of benzene rings is 3. The predicted octanol–water partition coefficient (Wildman–Crippen LogP) is 5.27. The molecule has 0 amide bonds. The number of imidazole rings is 1. The van der Waals surface area contributed by atoms with E-state index in [9.17, 15) is 15.3 Å². The number of nitrogens with zero attached hydrogens (tertiary/aromatic N) is 2. The lowest BCUT2D eigenvalue weighted by Gasteiger charge is -2.20. The topological polar surface area (TPSA) is 71.0 Å². The van der Waals surface area contributed by atoms with Gasteiger partial charge in [-0.3, -0.25) is 10.2 Å². The minimum absolute atomic E-state index is 0.0154. The molecular formula is C29H33N3O2. The molecule has 0 spiro atoms. The summed E-state index contributed by atoms with van der Waals surface area (Å²) in [7, 11) is 0. The minimum atomic E-state index is -0.443. The van der Waals surface area contributed by atoms with Gasteiger partial charge in [-0.2, -0.15) is 0 Å². The van der Waals surface area contributed by atoms with Crippen LogP contribution in [0.2, 0.25) is 0 Å².